The van der Waals surface area contributed by atoms with Crippen LogP contribution in [0.2, 0.25) is 0 Å². The zero-order chi connectivity index (χ0) is 7.28. The molecule has 0 aromatic carbocycles. The molecule has 0 aliphatic heterocycles. The standard InChI is InChI=1S/C7H17NS/c1-4-7(3)9-5-6(2)8/h6-7H,4-5,8H2,1-3H3/t6-,7?/m0/s1. The van der Waals surface area contributed by atoms with E-state index in [1.165, 1.54) is 6.42 Å². The third-order valence-corrected chi connectivity index (χ3v) is 2.84. The maximum atomic E-state index is 5.57. The summed E-state index contributed by atoms with van der Waals surface area (Å²) < 4.78 is 0. The van der Waals surface area contributed by atoms with E-state index < -0.39 is 0 Å². The molecule has 1 unspecified atom stereocenters. The second kappa shape index (κ2) is 5.12. The van der Waals surface area contributed by atoms with E-state index in [-0.39, 0.29) is 0 Å². The minimum Gasteiger partial charge on any atom is -0.327 e. The normalized spacial score (nSPS) is 17.3. The number of nitrogens with two attached hydrogens (primary N) is 1. The maximum absolute atomic E-state index is 5.57. The Morgan fingerprint density at radius 3 is 2.33 bits per heavy atom. The third-order valence-electron chi connectivity index (χ3n) is 1.22. The zero-order valence-corrected chi connectivity index (χ0v) is 7.37. The smallest absolute Gasteiger partial charge is 0.0102 e. The minimum absolute atomic E-state index is 0.351. The second-order valence-corrected chi connectivity index (χ2v) is 4.00. The summed E-state index contributed by atoms with van der Waals surface area (Å²) in [6.07, 6.45) is 1.25. The van der Waals surface area contributed by atoms with Gasteiger partial charge in [-0.2, -0.15) is 11.8 Å². The molecular weight excluding hydrogens is 130 g/mol. The molecule has 9 heavy (non-hydrogen) atoms. The van der Waals surface area contributed by atoms with Gasteiger partial charge in [-0.15, -0.1) is 0 Å². The van der Waals surface area contributed by atoms with E-state index >= 15 is 0 Å². The molecule has 0 spiro atoms. The first-order valence-electron chi connectivity index (χ1n) is 3.54. The third kappa shape index (κ3) is 6.19. The van der Waals surface area contributed by atoms with E-state index in [4.69, 9.17) is 5.73 Å². The molecule has 0 saturated carbocycles. The van der Waals surface area contributed by atoms with Crippen molar-refractivity contribution < 1.29 is 0 Å². The molecule has 0 aromatic rings. The van der Waals surface area contributed by atoms with Crippen LogP contribution in [0.1, 0.15) is 27.2 Å². The van der Waals surface area contributed by atoms with Gasteiger partial charge in [-0.05, 0) is 13.3 Å². The average molecular weight is 147 g/mol. The lowest BCUT2D eigenvalue weighted by molar-refractivity contribution is 0.834. The highest BCUT2D eigenvalue weighted by atomic mass is 32.2. The molecule has 0 heterocycles. The van der Waals surface area contributed by atoms with Gasteiger partial charge in [0, 0.05) is 17.0 Å². The maximum Gasteiger partial charge on any atom is 0.0102 e. The lowest BCUT2D eigenvalue weighted by Gasteiger charge is -2.09. The van der Waals surface area contributed by atoms with Crippen LogP contribution in [-0.2, 0) is 0 Å². The Balaban J connectivity index is 3.06. The van der Waals surface area contributed by atoms with Gasteiger partial charge in [0.2, 0.25) is 0 Å². The van der Waals surface area contributed by atoms with Gasteiger partial charge in [0.05, 0.1) is 0 Å². The van der Waals surface area contributed by atoms with Gasteiger partial charge in [0.15, 0.2) is 0 Å². The molecule has 2 atom stereocenters. The largest absolute Gasteiger partial charge is 0.327 e. The van der Waals surface area contributed by atoms with Crippen LogP contribution in [0, 0.1) is 0 Å². The van der Waals surface area contributed by atoms with Gasteiger partial charge in [-0.1, -0.05) is 13.8 Å². The molecule has 0 fully saturated rings. The summed E-state index contributed by atoms with van der Waals surface area (Å²) in [5.41, 5.74) is 5.57. The van der Waals surface area contributed by atoms with E-state index in [2.05, 4.69) is 20.8 Å². The molecule has 0 saturated heterocycles. The second-order valence-electron chi connectivity index (χ2n) is 2.53. The highest BCUT2D eigenvalue weighted by molar-refractivity contribution is 7.99. The summed E-state index contributed by atoms with van der Waals surface area (Å²) in [7, 11) is 0. The van der Waals surface area contributed by atoms with Gasteiger partial charge in [0.25, 0.3) is 0 Å². The Kier molecular flexibility index (Phi) is 5.30. The zero-order valence-electron chi connectivity index (χ0n) is 6.55. The van der Waals surface area contributed by atoms with Gasteiger partial charge in [-0.25, -0.2) is 0 Å². The number of thioether (sulfide) groups is 1. The lowest BCUT2D eigenvalue weighted by atomic mass is 10.4. The van der Waals surface area contributed by atoms with Gasteiger partial charge in [0.1, 0.15) is 0 Å². The first-order chi connectivity index (χ1) is 4.16. The Morgan fingerprint density at radius 1 is 1.44 bits per heavy atom. The van der Waals surface area contributed by atoms with Crippen LogP contribution in [-0.4, -0.2) is 17.0 Å². The summed E-state index contributed by atoms with van der Waals surface area (Å²) in [5.74, 6) is 1.09. The predicted octanol–water partition coefficient (Wildman–Crippen LogP) is 1.87. The molecule has 0 aliphatic rings. The van der Waals surface area contributed by atoms with Crippen LogP contribution in [0.5, 0.6) is 0 Å². The summed E-state index contributed by atoms with van der Waals surface area (Å²) in [6.45, 7) is 6.50. The summed E-state index contributed by atoms with van der Waals surface area (Å²) >= 11 is 1.96. The average Bonchev–Trinajstić information content (AvgIpc) is 1.83. The van der Waals surface area contributed by atoms with Crippen LogP contribution >= 0.6 is 11.8 Å². The summed E-state index contributed by atoms with van der Waals surface area (Å²) in [5, 5.41) is 0.774. The van der Waals surface area contributed by atoms with Crippen LogP contribution in [0.25, 0.3) is 0 Å². The van der Waals surface area contributed by atoms with Crippen molar-refractivity contribution in [2.75, 3.05) is 5.75 Å². The van der Waals surface area contributed by atoms with Crippen LogP contribution in [0.4, 0.5) is 0 Å². The fourth-order valence-electron chi connectivity index (χ4n) is 0.434. The van der Waals surface area contributed by atoms with E-state index in [0.29, 0.717) is 6.04 Å². The van der Waals surface area contributed by atoms with Crippen LogP contribution in [0.3, 0.4) is 0 Å². The Morgan fingerprint density at radius 2 is 2.00 bits per heavy atom. The van der Waals surface area contributed by atoms with Gasteiger partial charge < -0.3 is 5.73 Å². The molecule has 0 aliphatic carbocycles. The van der Waals surface area contributed by atoms with Crippen LogP contribution in [0.15, 0.2) is 0 Å². The molecule has 0 rings (SSSR count). The van der Waals surface area contributed by atoms with Crippen LogP contribution < -0.4 is 5.73 Å². The van der Waals surface area contributed by atoms with E-state index in [9.17, 15) is 0 Å². The van der Waals surface area contributed by atoms with Crippen molar-refractivity contribution in [1.29, 1.82) is 0 Å². The SMILES string of the molecule is CCC(C)SC[C@H](C)N. The molecule has 0 radical (unpaired) electrons. The Hall–Kier alpha value is 0.310. The summed E-state index contributed by atoms with van der Waals surface area (Å²) in [6, 6.07) is 0.351. The molecule has 2 heteroatoms. The van der Waals surface area contributed by atoms with Crippen molar-refractivity contribution in [1.82, 2.24) is 0 Å². The molecule has 1 nitrogen and oxygen atoms in total. The van der Waals surface area contributed by atoms with E-state index in [1.807, 2.05) is 11.8 Å². The quantitative estimate of drug-likeness (QED) is 0.657. The molecule has 0 amide bonds. The fourth-order valence-corrected chi connectivity index (χ4v) is 1.30. The van der Waals surface area contributed by atoms with Crippen molar-refractivity contribution in [3.63, 3.8) is 0 Å². The predicted molar refractivity (Wildman–Crippen MR) is 45.9 cm³/mol. The molecule has 56 valence electrons. The number of hydrogen-bond donors (Lipinski definition) is 1. The molecule has 0 aromatic heterocycles. The molecule has 2 N–H and O–H groups in total. The first-order valence-corrected chi connectivity index (χ1v) is 4.58. The summed E-state index contributed by atoms with van der Waals surface area (Å²) in [4.78, 5) is 0. The highest BCUT2D eigenvalue weighted by Gasteiger charge is 1.99. The monoisotopic (exact) mass is 147 g/mol. The van der Waals surface area contributed by atoms with E-state index in [0.717, 1.165) is 11.0 Å². The Bertz CT molecular complexity index is 63.9. The topological polar surface area (TPSA) is 26.0 Å². The number of hydrogen-bond acceptors (Lipinski definition) is 2. The van der Waals surface area contributed by atoms with Gasteiger partial charge in [-0.3, -0.25) is 0 Å². The fraction of sp³-hybridized carbons (Fsp3) is 1.00. The van der Waals surface area contributed by atoms with Gasteiger partial charge >= 0.3 is 0 Å². The van der Waals surface area contributed by atoms with Crippen molar-refractivity contribution >= 4 is 11.8 Å². The van der Waals surface area contributed by atoms with Crippen molar-refractivity contribution in [2.24, 2.45) is 5.73 Å². The number of rotatable bonds is 4. The molecule has 0 bridgehead atoms. The highest BCUT2D eigenvalue weighted by Crippen LogP contribution is 2.13. The van der Waals surface area contributed by atoms with Crippen molar-refractivity contribution in [2.45, 2.75) is 38.5 Å². The Labute approximate surface area is 62.4 Å². The van der Waals surface area contributed by atoms with Crippen molar-refractivity contribution in [3.8, 4) is 0 Å². The van der Waals surface area contributed by atoms with Crippen molar-refractivity contribution in [3.05, 3.63) is 0 Å². The lowest BCUT2D eigenvalue weighted by Crippen LogP contribution is -2.18. The molecular formula is C7H17NS. The van der Waals surface area contributed by atoms with E-state index in [1.54, 1.807) is 0 Å². The minimum atomic E-state index is 0.351. The first kappa shape index (κ1) is 9.31.